The molecule has 0 unspecified atom stereocenters. The highest BCUT2D eigenvalue weighted by atomic mass is 16.2. The number of rotatable bonds is 8. The molecule has 1 saturated heterocycles. The molecule has 2 saturated carbocycles. The Kier molecular flexibility index (Phi) is 5.85. The van der Waals surface area contributed by atoms with Crippen LogP contribution in [0.25, 0.3) is 0 Å². The summed E-state index contributed by atoms with van der Waals surface area (Å²) in [7, 11) is 1.73. The van der Waals surface area contributed by atoms with Gasteiger partial charge >= 0.3 is 0 Å². The second-order valence-electron chi connectivity index (χ2n) is 9.49. The monoisotopic (exact) mass is 436 g/mol. The summed E-state index contributed by atoms with van der Waals surface area (Å²) in [4.78, 5) is 33.2. The van der Waals surface area contributed by atoms with Crippen LogP contribution >= 0.6 is 0 Å². The maximum absolute atomic E-state index is 13.4. The Hall–Kier alpha value is -2.90. The van der Waals surface area contributed by atoms with Crippen molar-refractivity contribution >= 4 is 23.3 Å². The molecule has 0 aromatic carbocycles. The number of hydrogen-bond acceptors (Lipinski definition) is 5. The minimum absolute atomic E-state index is 0.156. The molecule has 3 aliphatic rings. The Balaban J connectivity index is 1.31. The zero-order valence-electron chi connectivity index (χ0n) is 18.7. The molecule has 8 nitrogen and oxygen atoms in total. The van der Waals surface area contributed by atoms with Crippen LogP contribution in [0.2, 0.25) is 0 Å². The van der Waals surface area contributed by atoms with Crippen molar-refractivity contribution in [1.29, 1.82) is 0 Å². The van der Waals surface area contributed by atoms with Gasteiger partial charge in [-0.1, -0.05) is 0 Å². The highest BCUT2D eigenvalue weighted by Crippen LogP contribution is 2.50. The Morgan fingerprint density at radius 1 is 1.03 bits per heavy atom. The molecule has 5 rings (SSSR count). The fourth-order valence-corrected chi connectivity index (χ4v) is 5.03. The predicted molar refractivity (Wildman–Crippen MR) is 122 cm³/mol. The van der Waals surface area contributed by atoms with Crippen molar-refractivity contribution < 1.29 is 9.59 Å². The lowest BCUT2D eigenvalue weighted by Gasteiger charge is -2.28. The molecule has 32 heavy (non-hydrogen) atoms. The SMILES string of the molecule is Cn1nccc1C(=O)N[C@H](C(=O)Nc1ccc(N2CCCCC2)nc1)C(C1CC1)C1CC1. The number of aromatic nitrogens is 3. The molecule has 2 N–H and O–H groups in total. The second-order valence-corrected chi connectivity index (χ2v) is 9.49. The first kappa shape index (κ1) is 21.0. The Bertz CT molecular complexity index is 945. The van der Waals surface area contributed by atoms with Crippen molar-refractivity contribution in [2.45, 2.75) is 51.0 Å². The fourth-order valence-electron chi connectivity index (χ4n) is 5.03. The minimum Gasteiger partial charge on any atom is -0.357 e. The number of amides is 2. The molecule has 0 spiro atoms. The minimum atomic E-state index is -0.556. The number of hydrogen-bond donors (Lipinski definition) is 2. The van der Waals surface area contributed by atoms with E-state index in [2.05, 4.69) is 25.6 Å². The summed E-state index contributed by atoms with van der Waals surface area (Å²) in [6.45, 7) is 2.07. The molecule has 1 atom stereocenters. The quantitative estimate of drug-likeness (QED) is 0.664. The van der Waals surface area contributed by atoms with Gasteiger partial charge in [0.15, 0.2) is 0 Å². The lowest BCUT2D eigenvalue weighted by molar-refractivity contribution is -0.119. The highest BCUT2D eigenvalue weighted by Gasteiger charge is 2.48. The van der Waals surface area contributed by atoms with E-state index in [4.69, 9.17) is 0 Å². The van der Waals surface area contributed by atoms with E-state index in [0.29, 0.717) is 23.2 Å². The van der Waals surface area contributed by atoms with Crippen molar-refractivity contribution in [3.8, 4) is 0 Å². The van der Waals surface area contributed by atoms with E-state index < -0.39 is 6.04 Å². The number of carbonyl (C=O) groups excluding carboxylic acids is 2. The molecule has 0 radical (unpaired) electrons. The Labute approximate surface area is 188 Å². The van der Waals surface area contributed by atoms with Crippen molar-refractivity contribution in [3.63, 3.8) is 0 Å². The molecule has 1 aliphatic heterocycles. The van der Waals surface area contributed by atoms with Gasteiger partial charge in [0.1, 0.15) is 17.6 Å². The third kappa shape index (κ3) is 4.64. The number of anilines is 2. The van der Waals surface area contributed by atoms with E-state index >= 15 is 0 Å². The third-order valence-electron chi connectivity index (χ3n) is 7.04. The first-order valence-electron chi connectivity index (χ1n) is 11.9. The molecule has 3 fully saturated rings. The van der Waals surface area contributed by atoms with Gasteiger partial charge in [-0.3, -0.25) is 14.3 Å². The molecule has 8 heteroatoms. The summed E-state index contributed by atoms with van der Waals surface area (Å²) in [6.07, 6.45) is 11.5. The number of nitrogens with one attached hydrogen (secondary N) is 2. The van der Waals surface area contributed by atoms with Gasteiger partial charge < -0.3 is 15.5 Å². The first-order chi connectivity index (χ1) is 15.6. The van der Waals surface area contributed by atoms with Crippen molar-refractivity contribution in [2.75, 3.05) is 23.3 Å². The number of aryl methyl sites for hydroxylation is 1. The van der Waals surface area contributed by atoms with Crippen LogP contribution in [0.1, 0.15) is 55.4 Å². The second kappa shape index (κ2) is 8.92. The van der Waals surface area contributed by atoms with Crippen molar-refractivity contribution in [3.05, 3.63) is 36.3 Å². The summed E-state index contributed by atoms with van der Waals surface area (Å²) in [5, 5.41) is 10.2. The van der Waals surface area contributed by atoms with Gasteiger partial charge in [0.25, 0.3) is 5.91 Å². The van der Waals surface area contributed by atoms with Gasteiger partial charge in [-0.25, -0.2) is 4.98 Å². The molecule has 2 aromatic heterocycles. The zero-order chi connectivity index (χ0) is 22.1. The molecule has 2 aliphatic carbocycles. The normalized spacial score (nSPS) is 19.6. The van der Waals surface area contributed by atoms with E-state index in [-0.39, 0.29) is 17.7 Å². The third-order valence-corrected chi connectivity index (χ3v) is 7.04. The maximum Gasteiger partial charge on any atom is 0.270 e. The summed E-state index contributed by atoms with van der Waals surface area (Å²) < 4.78 is 1.54. The summed E-state index contributed by atoms with van der Waals surface area (Å²) in [5.74, 6) is 1.77. The maximum atomic E-state index is 13.4. The van der Waals surface area contributed by atoms with E-state index in [1.165, 1.54) is 23.9 Å². The van der Waals surface area contributed by atoms with E-state index in [0.717, 1.165) is 44.6 Å². The smallest absolute Gasteiger partial charge is 0.270 e. The van der Waals surface area contributed by atoms with Gasteiger partial charge in [-0.05, 0) is 80.9 Å². The van der Waals surface area contributed by atoms with Crippen LogP contribution in [0.5, 0.6) is 0 Å². The van der Waals surface area contributed by atoms with Gasteiger partial charge in [-0.15, -0.1) is 0 Å². The zero-order valence-corrected chi connectivity index (χ0v) is 18.7. The molecule has 0 bridgehead atoms. The Morgan fingerprint density at radius 3 is 2.31 bits per heavy atom. The van der Waals surface area contributed by atoms with E-state index in [1.807, 2.05) is 12.1 Å². The van der Waals surface area contributed by atoms with Crippen LogP contribution < -0.4 is 15.5 Å². The summed E-state index contributed by atoms with van der Waals surface area (Å²) in [5.41, 5.74) is 1.13. The standard InChI is InChI=1S/C24H32N6O2/c1-29-19(11-12-26-29)23(31)28-22(21(16-5-6-16)17-7-8-17)24(32)27-18-9-10-20(25-15-18)30-13-3-2-4-14-30/h9-12,15-17,21-22H,2-8,13-14H2,1H3,(H,27,32)(H,28,31)/t22-/m0/s1. The van der Waals surface area contributed by atoms with Crippen LogP contribution in [-0.2, 0) is 11.8 Å². The topological polar surface area (TPSA) is 92.1 Å². The highest BCUT2D eigenvalue weighted by molar-refractivity contribution is 6.00. The fraction of sp³-hybridized carbons (Fsp3) is 0.583. The summed E-state index contributed by atoms with van der Waals surface area (Å²) in [6, 6.07) is 5.01. The van der Waals surface area contributed by atoms with Gasteiger partial charge in [-0.2, -0.15) is 5.10 Å². The van der Waals surface area contributed by atoms with Crippen LogP contribution in [0.4, 0.5) is 11.5 Å². The number of pyridine rings is 1. The lowest BCUT2D eigenvalue weighted by Crippen LogP contribution is -2.50. The molecule has 2 aromatic rings. The van der Waals surface area contributed by atoms with Crippen LogP contribution in [-0.4, -0.2) is 45.7 Å². The number of nitrogens with zero attached hydrogens (tertiary/aromatic N) is 4. The molecule has 2 amide bonds. The number of carbonyl (C=O) groups is 2. The van der Waals surface area contributed by atoms with Crippen LogP contribution in [0.3, 0.4) is 0 Å². The number of piperidine rings is 1. The molecule has 170 valence electrons. The van der Waals surface area contributed by atoms with Crippen LogP contribution in [0, 0.1) is 17.8 Å². The van der Waals surface area contributed by atoms with Gasteiger partial charge in [0, 0.05) is 26.3 Å². The van der Waals surface area contributed by atoms with Crippen LogP contribution in [0.15, 0.2) is 30.6 Å². The Morgan fingerprint density at radius 2 is 1.75 bits per heavy atom. The molecular weight excluding hydrogens is 404 g/mol. The van der Waals surface area contributed by atoms with E-state index in [1.54, 1.807) is 25.5 Å². The van der Waals surface area contributed by atoms with E-state index in [9.17, 15) is 9.59 Å². The first-order valence-corrected chi connectivity index (χ1v) is 11.9. The molecular formula is C24H32N6O2. The molecule has 3 heterocycles. The predicted octanol–water partition coefficient (Wildman–Crippen LogP) is 2.98. The van der Waals surface area contributed by atoms with Crippen molar-refractivity contribution in [2.24, 2.45) is 24.8 Å². The average Bonchev–Trinajstić information content (AvgIpc) is 3.74. The van der Waals surface area contributed by atoms with Gasteiger partial charge in [0.05, 0.1) is 11.9 Å². The lowest BCUT2D eigenvalue weighted by atomic mass is 9.88. The van der Waals surface area contributed by atoms with Gasteiger partial charge in [0.2, 0.25) is 5.91 Å². The van der Waals surface area contributed by atoms with Crippen molar-refractivity contribution in [1.82, 2.24) is 20.1 Å². The average molecular weight is 437 g/mol. The summed E-state index contributed by atoms with van der Waals surface area (Å²) >= 11 is 0. The largest absolute Gasteiger partial charge is 0.357 e.